The molecule has 2 aromatic rings. The molecule has 0 unspecified atom stereocenters. The Kier molecular flexibility index (Phi) is 7.47. The zero-order chi connectivity index (χ0) is 20.5. The number of nitriles is 1. The van der Waals surface area contributed by atoms with E-state index in [2.05, 4.69) is 45.0 Å². The molecular weight excluding hydrogens is 368 g/mol. The summed E-state index contributed by atoms with van der Waals surface area (Å²) in [5.74, 6) is 1.47. The smallest absolute Gasteiger partial charge is 0.175 e. The molecule has 8 heteroatoms. The van der Waals surface area contributed by atoms with Gasteiger partial charge in [0.25, 0.3) is 0 Å². The number of piperazine rings is 1. The van der Waals surface area contributed by atoms with Crippen LogP contribution < -0.4 is 9.64 Å². The second-order valence-corrected chi connectivity index (χ2v) is 6.86. The highest BCUT2D eigenvalue weighted by atomic mass is 16.5. The molecule has 3 rings (SSSR count). The lowest BCUT2D eigenvalue weighted by atomic mass is 10.2. The van der Waals surface area contributed by atoms with Gasteiger partial charge in [-0.15, -0.1) is 0 Å². The first-order valence-corrected chi connectivity index (χ1v) is 9.96. The van der Waals surface area contributed by atoms with E-state index in [4.69, 9.17) is 9.47 Å². The number of rotatable bonds is 9. The van der Waals surface area contributed by atoms with Gasteiger partial charge in [0.1, 0.15) is 17.4 Å². The lowest BCUT2D eigenvalue weighted by Gasteiger charge is -2.36. The SMILES string of the molecule is CCCOc1ccc(N2CCN(CCn3ncc(C#N)c3/N=C/OC)CC2)cc1. The first-order chi connectivity index (χ1) is 14.2. The van der Waals surface area contributed by atoms with Crippen LogP contribution >= 0.6 is 0 Å². The summed E-state index contributed by atoms with van der Waals surface area (Å²) in [6, 6.07) is 10.5. The summed E-state index contributed by atoms with van der Waals surface area (Å²) >= 11 is 0. The van der Waals surface area contributed by atoms with Crippen molar-refractivity contribution < 1.29 is 9.47 Å². The van der Waals surface area contributed by atoms with Gasteiger partial charge in [0.2, 0.25) is 0 Å². The van der Waals surface area contributed by atoms with Crippen LogP contribution in [-0.4, -0.2) is 67.5 Å². The number of ether oxygens (including phenoxy) is 2. The van der Waals surface area contributed by atoms with Gasteiger partial charge in [-0.1, -0.05) is 6.92 Å². The maximum Gasteiger partial charge on any atom is 0.175 e. The molecule has 1 aliphatic heterocycles. The molecule has 0 radical (unpaired) electrons. The topological polar surface area (TPSA) is 78.9 Å². The van der Waals surface area contributed by atoms with E-state index < -0.39 is 0 Å². The van der Waals surface area contributed by atoms with Gasteiger partial charge in [0, 0.05) is 38.4 Å². The van der Waals surface area contributed by atoms with Crippen LogP contribution in [0.4, 0.5) is 11.5 Å². The maximum absolute atomic E-state index is 9.20. The predicted molar refractivity (Wildman–Crippen MR) is 113 cm³/mol. The normalized spacial score (nSPS) is 14.9. The van der Waals surface area contributed by atoms with Gasteiger partial charge < -0.3 is 14.4 Å². The molecule has 8 nitrogen and oxygen atoms in total. The summed E-state index contributed by atoms with van der Waals surface area (Å²) in [5, 5.41) is 13.5. The van der Waals surface area contributed by atoms with Crippen molar-refractivity contribution in [3.05, 3.63) is 36.0 Å². The minimum Gasteiger partial charge on any atom is -0.494 e. The molecule has 2 heterocycles. The molecule has 29 heavy (non-hydrogen) atoms. The molecule has 0 bridgehead atoms. The van der Waals surface area contributed by atoms with Crippen molar-refractivity contribution >= 4 is 17.9 Å². The Labute approximate surface area is 172 Å². The summed E-state index contributed by atoms with van der Waals surface area (Å²) in [6.45, 7) is 8.33. The Balaban J connectivity index is 1.50. The average molecular weight is 396 g/mol. The van der Waals surface area contributed by atoms with E-state index in [1.807, 2.05) is 12.1 Å². The predicted octanol–water partition coefficient (Wildman–Crippen LogP) is 2.67. The fourth-order valence-electron chi connectivity index (χ4n) is 3.30. The molecule has 0 aliphatic carbocycles. The third-order valence-corrected chi connectivity index (χ3v) is 4.89. The number of aromatic nitrogens is 2. The van der Waals surface area contributed by atoms with E-state index in [0.717, 1.165) is 51.5 Å². The molecule has 1 saturated heterocycles. The van der Waals surface area contributed by atoms with E-state index in [1.165, 1.54) is 19.2 Å². The number of methoxy groups -OCH3 is 1. The quantitative estimate of drug-likeness (QED) is 0.479. The fourth-order valence-corrected chi connectivity index (χ4v) is 3.30. The highest BCUT2D eigenvalue weighted by molar-refractivity contribution is 5.58. The molecule has 1 aliphatic rings. The van der Waals surface area contributed by atoms with Crippen molar-refractivity contribution in [3.63, 3.8) is 0 Å². The van der Waals surface area contributed by atoms with Crippen LogP contribution in [0.5, 0.6) is 5.75 Å². The Bertz CT molecular complexity index is 832. The summed E-state index contributed by atoms with van der Waals surface area (Å²) in [4.78, 5) is 9.00. The molecular formula is C21H28N6O2. The Morgan fingerprint density at radius 2 is 1.93 bits per heavy atom. The third kappa shape index (κ3) is 5.48. The molecule has 1 fully saturated rings. The molecule has 154 valence electrons. The number of hydrogen-bond acceptors (Lipinski definition) is 7. The average Bonchev–Trinajstić information content (AvgIpc) is 3.17. The molecule has 0 spiro atoms. The van der Waals surface area contributed by atoms with Gasteiger partial charge in [-0.2, -0.15) is 15.4 Å². The van der Waals surface area contributed by atoms with Gasteiger partial charge in [-0.05, 0) is 30.7 Å². The highest BCUT2D eigenvalue weighted by Crippen LogP contribution is 2.21. The number of hydrogen-bond donors (Lipinski definition) is 0. The van der Waals surface area contributed by atoms with Crippen LogP contribution in [0, 0.1) is 11.3 Å². The second-order valence-electron chi connectivity index (χ2n) is 6.86. The number of nitrogens with zero attached hydrogens (tertiary/aromatic N) is 6. The van der Waals surface area contributed by atoms with Gasteiger partial charge in [0.05, 0.1) is 26.5 Å². The van der Waals surface area contributed by atoms with Crippen LogP contribution in [0.25, 0.3) is 0 Å². The standard InChI is InChI=1S/C21H28N6O2/c1-3-14-29-20-6-4-19(5-7-20)26-11-8-25(9-12-26)10-13-27-21(23-17-28-2)18(15-22)16-24-27/h4-7,16-17H,3,8-14H2,1-2H3/b23-17+. The summed E-state index contributed by atoms with van der Waals surface area (Å²) in [6.07, 6.45) is 3.89. The second kappa shape index (κ2) is 10.5. The summed E-state index contributed by atoms with van der Waals surface area (Å²) in [5.41, 5.74) is 1.69. The summed E-state index contributed by atoms with van der Waals surface area (Å²) < 4.78 is 12.3. The minimum absolute atomic E-state index is 0.453. The highest BCUT2D eigenvalue weighted by Gasteiger charge is 2.18. The van der Waals surface area contributed by atoms with Crippen molar-refractivity contribution in [2.45, 2.75) is 19.9 Å². The van der Waals surface area contributed by atoms with Gasteiger partial charge in [-0.3, -0.25) is 4.90 Å². The third-order valence-electron chi connectivity index (χ3n) is 4.89. The lowest BCUT2D eigenvalue weighted by molar-refractivity contribution is 0.245. The molecule has 0 amide bonds. The first-order valence-electron chi connectivity index (χ1n) is 9.96. The molecule has 0 atom stereocenters. The van der Waals surface area contributed by atoms with Crippen LogP contribution in [0.15, 0.2) is 35.5 Å². The lowest BCUT2D eigenvalue weighted by Crippen LogP contribution is -2.47. The molecule has 1 aromatic carbocycles. The monoisotopic (exact) mass is 396 g/mol. The number of benzene rings is 1. The van der Waals surface area contributed by atoms with Crippen LogP contribution in [0.3, 0.4) is 0 Å². The Hall–Kier alpha value is -3.05. The van der Waals surface area contributed by atoms with E-state index in [0.29, 0.717) is 17.9 Å². The fraction of sp³-hybridized carbons (Fsp3) is 0.476. The van der Waals surface area contributed by atoms with Gasteiger partial charge in [0.15, 0.2) is 12.2 Å². The van der Waals surface area contributed by atoms with Crippen molar-refractivity contribution in [3.8, 4) is 11.8 Å². The van der Waals surface area contributed by atoms with Crippen molar-refractivity contribution in [2.75, 3.05) is 51.3 Å². The van der Waals surface area contributed by atoms with E-state index in [1.54, 1.807) is 10.9 Å². The zero-order valence-electron chi connectivity index (χ0n) is 17.1. The van der Waals surface area contributed by atoms with Crippen LogP contribution in [0.1, 0.15) is 18.9 Å². The van der Waals surface area contributed by atoms with E-state index in [-0.39, 0.29) is 0 Å². The van der Waals surface area contributed by atoms with Crippen molar-refractivity contribution in [1.29, 1.82) is 5.26 Å². The van der Waals surface area contributed by atoms with Gasteiger partial charge >= 0.3 is 0 Å². The largest absolute Gasteiger partial charge is 0.494 e. The van der Waals surface area contributed by atoms with Crippen LogP contribution in [-0.2, 0) is 11.3 Å². The summed E-state index contributed by atoms with van der Waals surface area (Å²) in [7, 11) is 1.53. The minimum atomic E-state index is 0.453. The maximum atomic E-state index is 9.20. The number of anilines is 1. The molecule has 1 aromatic heterocycles. The van der Waals surface area contributed by atoms with Crippen molar-refractivity contribution in [1.82, 2.24) is 14.7 Å². The Morgan fingerprint density at radius 3 is 2.59 bits per heavy atom. The van der Waals surface area contributed by atoms with Crippen LogP contribution in [0.2, 0.25) is 0 Å². The van der Waals surface area contributed by atoms with E-state index in [9.17, 15) is 5.26 Å². The zero-order valence-corrected chi connectivity index (χ0v) is 17.1. The molecule has 0 N–H and O–H groups in total. The van der Waals surface area contributed by atoms with Gasteiger partial charge in [-0.25, -0.2) is 4.68 Å². The number of aliphatic imine (C=N–C) groups is 1. The van der Waals surface area contributed by atoms with E-state index >= 15 is 0 Å². The Morgan fingerprint density at radius 1 is 1.17 bits per heavy atom. The van der Waals surface area contributed by atoms with Crippen molar-refractivity contribution in [2.24, 2.45) is 4.99 Å². The first kappa shape index (κ1) is 20.7. The molecule has 0 saturated carbocycles.